The molecule has 1 atom stereocenters. The molecule has 1 aromatic carbocycles. The molecule has 1 saturated carbocycles. The van der Waals surface area contributed by atoms with Gasteiger partial charge in [-0.25, -0.2) is 8.42 Å². The van der Waals surface area contributed by atoms with Gasteiger partial charge in [-0.3, -0.25) is 4.79 Å². The summed E-state index contributed by atoms with van der Waals surface area (Å²) in [5.41, 5.74) is 6.13. The maximum Gasteiger partial charge on any atom is 0.253 e. The lowest BCUT2D eigenvalue weighted by molar-refractivity contribution is 0.0787. The van der Waals surface area contributed by atoms with Gasteiger partial charge in [0.05, 0.1) is 4.90 Å². The van der Waals surface area contributed by atoms with Gasteiger partial charge >= 0.3 is 0 Å². The van der Waals surface area contributed by atoms with Crippen LogP contribution in [0.2, 0.25) is 0 Å². The van der Waals surface area contributed by atoms with E-state index in [1.54, 1.807) is 30.1 Å². The Bertz CT molecular complexity index is 750. The zero-order valence-corrected chi connectivity index (χ0v) is 17.5. The fraction of sp³-hybridized carbons (Fsp3) is 0.632. The smallest absolute Gasteiger partial charge is 0.253 e. The Kier molecular flexibility index (Phi) is 7.68. The minimum absolute atomic E-state index is 0. The van der Waals surface area contributed by atoms with Crippen molar-refractivity contribution in [1.29, 1.82) is 0 Å². The molecule has 1 unspecified atom stereocenters. The monoisotopic (exact) mass is 415 g/mol. The fourth-order valence-corrected chi connectivity index (χ4v) is 5.45. The third-order valence-corrected chi connectivity index (χ3v) is 7.66. The van der Waals surface area contributed by atoms with E-state index in [-0.39, 0.29) is 29.3 Å². The van der Waals surface area contributed by atoms with Gasteiger partial charge in [0, 0.05) is 31.7 Å². The lowest BCUT2D eigenvalue weighted by Gasteiger charge is -2.30. The summed E-state index contributed by atoms with van der Waals surface area (Å²) in [5, 5.41) is 0. The lowest BCUT2D eigenvalue weighted by atomic mass is 9.96. The molecule has 1 heterocycles. The molecule has 27 heavy (non-hydrogen) atoms. The van der Waals surface area contributed by atoms with Gasteiger partial charge < -0.3 is 10.6 Å². The van der Waals surface area contributed by atoms with E-state index in [1.165, 1.54) is 16.8 Å². The first-order chi connectivity index (χ1) is 12.4. The zero-order chi connectivity index (χ0) is 18.7. The summed E-state index contributed by atoms with van der Waals surface area (Å²) in [5.74, 6) is 0.224. The van der Waals surface area contributed by atoms with E-state index < -0.39 is 10.0 Å². The van der Waals surface area contributed by atoms with Crippen LogP contribution < -0.4 is 5.73 Å². The van der Waals surface area contributed by atoms with Crippen LogP contribution in [0.1, 0.15) is 48.9 Å². The molecule has 152 valence electrons. The van der Waals surface area contributed by atoms with Crippen molar-refractivity contribution in [3.63, 3.8) is 0 Å². The van der Waals surface area contributed by atoms with E-state index in [1.807, 2.05) is 0 Å². The zero-order valence-electron chi connectivity index (χ0n) is 15.8. The van der Waals surface area contributed by atoms with Gasteiger partial charge in [-0.1, -0.05) is 25.3 Å². The first kappa shape index (κ1) is 22.1. The van der Waals surface area contributed by atoms with E-state index in [0.29, 0.717) is 31.1 Å². The van der Waals surface area contributed by atoms with E-state index in [0.717, 1.165) is 32.1 Å². The SMILES string of the molecule is CN(C1CCCCC1)S(=O)(=O)c1cccc(C(=O)N2CCC(CN)C2)c1.Cl. The number of sulfonamides is 1. The molecule has 8 heteroatoms. The van der Waals surface area contributed by atoms with Crippen molar-refractivity contribution in [1.82, 2.24) is 9.21 Å². The highest BCUT2D eigenvalue weighted by atomic mass is 35.5. The predicted octanol–water partition coefficient (Wildman–Crippen LogP) is 2.48. The maximum atomic E-state index is 13.0. The van der Waals surface area contributed by atoms with Crippen LogP contribution in [-0.4, -0.2) is 56.3 Å². The first-order valence-electron chi connectivity index (χ1n) is 9.51. The lowest BCUT2D eigenvalue weighted by Crippen LogP contribution is -2.38. The molecule has 2 aliphatic rings. The molecular weight excluding hydrogens is 386 g/mol. The minimum Gasteiger partial charge on any atom is -0.338 e. The minimum atomic E-state index is -3.59. The predicted molar refractivity (Wildman–Crippen MR) is 109 cm³/mol. The number of hydrogen-bond donors (Lipinski definition) is 1. The molecule has 0 spiro atoms. The van der Waals surface area contributed by atoms with Crippen molar-refractivity contribution in [2.45, 2.75) is 49.5 Å². The number of rotatable bonds is 5. The Morgan fingerprint density at radius 2 is 1.93 bits per heavy atom. The average Bonchev–Trinajstić information content (AvgIpc) is 3.17. The number of likely N-dealkylation sites (tertiary alicyclic amines) is 1. The number of carbonyl (C=O) groups excluding carboxylic acids is 1. The molecule has 2 fully saturated rings. The van der Waals surface area contributed by atoms with Gasteiger partial charge in [0.15, 0.2) is 0 Å². The van der Waals surface area contributed by atoms with E-state index in [4.69, 9.17) is 5.73 Å². The first-order valence-corrected chi connectivity index (χ1v) is 10.9. The summed E-state index contributed by atoms with van der Waals surface area (Å²) in [6, 6.07) is 6.51. The summed E-state index contributed by atoms with van der Waals surface area (Å²) in [7, 11) is -1.93. The van der Waals surface area contributed by atoms with Crippen LogP contribution in [0.5, 0.6) is 0 Å². The number of carbonyl (C=O) groups is 1. The van der Waals surface area contributed by atoms with Crippen LogP contribution in [0.4, 0.5) is 0 Å². The molecule has 0 radical (unpaired) electrons. The number of halogens is 1. The van der Waals surface area contributed by atoms with Crippen molar-refractivity contribution < 1.29 is 13.2 Å². The molecule has 1 amide bonds. The largest absolute Gasteiger partial charge is 0.338 e. The van der Waals surface area contributed by atoms with Crippen molar-refractivity contribution >= 4 is 28.3 Å². The third-order valence-electron chi connectivity index (χ3n) is 5.75. The van der Waals surface area contributed by atoms with Crippen LogP contribution in [0.25, 0.3) is 0 Å². The Hall–Kier alpha value is -1.15. The van der Waals surface area contributed by atoms with E-state index in [2.05, 4.69) is 0 Å². The van der Waals surface area contributed by atoms with E-state index in [9.17, 15) is 13.2 Å². The van der Waals surface area contributed by atoms with Crippen LogP contribution in [0, 0.1) is 5.92 Å². The molecule has 3 rings (SSSR count). The number of nitrogens with two attached hydrogens (primary N) is 1. The number of amides is 1. The summed E-state index contributed by atoms with van der Waals surface area (Å²) < 4.78 is 27.5. The third kappa shape index (κ3) is 4.83. The van der Waals surface area contributed by atoms with Crippen molar-refractivity contribution in [2.24, 2.45) is 11.7 Å². The highest BCUT2D eigenvalue weighted by Crippen LogP contribution is 2.27. The topological polar surface area (TPSA) is 83.7 Å². The Morgan fingerprint density at radius 1 is 1.22 bits per heavy atom. The quantitative estimate of drug-likeness (QED) is 0.800. The van der Waals surface area contributed by atoms with Gasteiger partial charge in [0.1, 0.15) is 0 Å². The molecular formula is C19H30ClN3O3S. The normalized spacial score (nSPS) is 21.3. The van der Waals surface area contributed by atoms with Crippen LogP contribution in [0.3, 0.4) is 0 Å². The van der Waals surface area contributed by atoms with Gasteiger partial charge in [-0.15, -0.1) is 12.4 Å². The summed E-state index contributed by atoms with van der Waals surface area (Å²) in [6.45, 7) is 1.90. The molecule has 1 aliphatic heterocycles. The van der Waals surface area contributed by atoms with Crippen LogP contribution >= 0.6 is 12.4 Å². The molecule has 1 aromatic rings. The molecule has 2 N–H and O–H groups in total. The molecule has 1 aliphatic carbocycles. The van der Waals surface area contributed by atoms with Gasteiger partial charge in [-0.2, -0.15) is 4.31 Å². The summed E-state index contributed by atoms with van der Waals surface area (Å²) in [4.78, 5) is 14.7. The molecule has 0 bridgehead atoms. The summed E-state index contributed by atoms with van der Waals surface area (Å²) in [6.07, 6.45) is 6.03. The Balaban J connectivity index is 0.00000261. The average molecular weight is 416 g/mol. The van der Waals surface area contributed by atoms with Gasteiger partial charge in [-0.05, 0) is 49.9 Å². The van der Waals surface area contributed by atoms with Crippen LogP contribution in [0.15, 0.2) is 29.2 Å². The van der Waals surface area contributed by atoms with Crippen molar-refractivity contribution in [3.05, 3.63) is 29.8 Å². The molecule has 6 nitrogen and oxygen atoms in total. The van der Waals surface area contributed by atoms with Gasteiger partial charge in [0.25, 0.3) is 5.91 Å². The molecule has 0 aromatic heterocycles. The summed E-state index contributed by atoms with van der Waals surface area (Å²) >= 11 is 0. The maximum absolute atomic E-state index is 13.0. The van der Waals surface area contributed by atoms with Crippen molar-refractivity contribution in [2.75, 3.05) is 26.7 Å². The second-order valence-electron chi connectivity index (χ2n) is 7.48. The Labute approximate surface area is 168 Å². The molecule has 1 saturated heterocycles. The fourth-order valence-electron chi connectivity index (χ4n) is 3.99. The van der Waals surface area contributed by atoms with Crippen LogP contribution in [-0.2, 0) is 10.0 Å². The Morgan fingerprint density at radius 3 is 2.56 bits per heavy atom. The number of hydrogen-bond acceptors (Lipinski definition) is 4. The second-order valence-corrected chi connectivity index (χ2v) is 9.48. The van der Waals surface area contributed by atoms with Gasteiger partial charge in [0.2, 0.25) is 10.0 Å². The number of benzene rings is 1. The second kappa shape index (κ2) is 9.37. The van der Waals surface area contributed by atoms with Crippen molar-refractivity contribution in [3.8, 4) is 0 Å². The highest BCUT2D eigenvalue weighted by Gasteiger charge is 2.30. The van der Waals surface area contributed by atoms with E-state index >= 15 is 0 Å². The standard InChI is InChI=1S/C19H29N3O3S.ClH/c1-21(17-7-3-2-4-8-17)26(24,25)18-9-5-6-16(12-18)19(23)22-11-10-15(13-20)14-22;/h5-6,9,12,15,17H,2-4,7-8,10-11,13-14,20H2,1H3;1H. The number of nitrogens with zero attached hydrogens (tertiary/aromatic N) is 2. The highest BCUT2D eigenvalue weighted by molar-refractivity contribution is 7.89.